The maximum Gasteiger partial charge on any atom is 0.408 e. The molecule has 2 fully saturated rings. The van der Waals surface area contributed by atoms with E-state index in [0.717, 1.165) is 29.9 Å². The van der Waals surface area contributed by atoms with Crippen molar-refractivity contribution in [1.82, 2.24) is 15.3 Å². The van der Waals surface area contributed by atoms with Crippen LogP contribution in [-0.2, 0) is 10.3 Å². The Hall–Kier alpha value is -2.96. The number of ether oxygens (including phenoxy) is 1. The van der Waals surface area contributed by atoms with Gasteiger partial charge in [0.2, 0.25) is 0 Å². The highest BCUT2D eigenvalue weighted by molar-refractivity contribution is 6.03. The molecule has 2 aliphatic rings. The van der Waals surface area contributed by atoms with Crippen LogP contribution in [0, 0.1) is 6.92 Å². The molecule has 146 valence electrons. The Morgan fingerprint density at radius 2 is 2.14 bits per heavy atom. The van der Waals surface area contributed by atoms with E-state index in [1.807, 2.05) is 38.1 Å². The molecule has 1 saturated carbocycles. The molecule has 1 atom stereocenters. The molecule has 1 aliphatic heterocycles. The van der Waals surface area contributed by atoms with Crippen molar-refractivity contribution in [3.8, 4) is 0 Å². The fourth-order valence-corrected chi connectivity index (χ4v) is 3.59. The van der Waals surface area contributed by atoms with Crippen LogP contribution in [0.4, 0.5) is 10.5 Å². The largest absolute Gasteiger partial charge is 0.438 e. The van der Waals surface area contributed by atoms with Crippen molar-refractivity contribution in [2.45, 2.75) is 51.0 Å². The molecule has 28 heavy (non-hydrogen) atoms. The quantitative estimate of drug-likeness (QED) is 0.826. The van der Waals surface area contributed by atoms with E-state index in [-0.39, 0.29) is 5.91 Å². The normalized spacial score (nSPS) is 21.6. The van der Waals surface area contributed by atoms with E-state index in [1.54, 1.807) is 6.07 Å². The summed E-state index contributed by atoms with van der Waals surface area (Å²) in [5.41, 5.74) is 2.02. The van der Waals surface area contributed by atoms with Crippen LogP contribution in [0.1, 0.15) is 66.1 Å². The zero-order valence-corrected chi connectivity index (χ0v) is 16.1. The number of anilines is 1. The highest BCUT2D eigenvalue weighted by Gasteiger charge is 2.37. The fraction of sp³-hybridized carbons (Fsp3) is 0.429. The molecule has 4 rings (SSSR count). The Bertz CT molecular complexity index is 926. The Balaban J connectivity index is 1.56. The van der Waals surface area contributed by atoms with Crippen LogP contribution in [0.2, 0.25) is 0 Å². The van der Waals surface area contributed by atoms with Gasteiger partial charge in [-0.2, -0.15) is 0 Å². The lowest BCUT2D eigenvalue weighted by Crippen LogP contribution is -2.45. The van der Waals surface area contributed by atoms with Crippen molar-refractivity contribution in [3.63, 3.8) is 0 Å². The van der Waals surface area contributed by atoms with Crippen LogP contribution >= 0.6 is 0 Å². The van der Waals surface area contributed by atoms with Gasteiger partial charge in [-0.3, -0.25) is 4.79 Å². The number of benzene rings is 1. The number of alkyl carbamates (subject to hydrolysis) is 1. The smallest absolute Gasteiger partial charge is 0.408 e. The molecule has 0 radical (unpaired) electrons. The summed E-state index contributed by atoms with van der Waals surface area (Å²) in [7, 11) is 0. The molecular formula is C21H24N4O3. The first kappa shape index (κ1) is 18.4. The molecule has 2 amide bonds. The first-order chi connectivity index (χ1) is 13.5. The highest BCUT2D eigenvalue weighted by atomic mass is 16.6. The number of rotatable bonds is 5. The molecule has 1 aromatic heterocycles. The van der Waals surface area contributed by atoms with Gasteiger partial charge >= 0.3 is 6.09 Å². The minimum absolute atomic E-state index is 0.266. The van der Waals surface area contributed by atoms with Crippen molar-refractivity contribution < 1.29 is 14.3 Å². The van der Waals surface area contributed by atoms with Crippen LogP contribution in [0.25, 0.3) is 0 Å². The van der Waals surface area contributed by atoms with Crippen LogP contribution in [0.15, 0.2) is 30.3 Å². The fourth-order valence-electron chi connectivity index (χ4n) is 3.59. The second kappa shape index (κ2) is 7.22. The molecule has 7 nitrogen and oxygen atoms in total. The molecule has 2 aromatic rings. The van der Waals surface area contributed by atoms with Gasteiger partial charge in [0.1, 0.15) is 17.1 Å². The van der Waals surface area contributed by atoms with E-state index >= 15 is 0 Å². The van der Waals surface area contributed by atoms with Crippen LogP contribution in [-0.4, -0.2) is 28.5 Å². The number of amides is 2. The minimum atomic E-state index is -0.673. The average molecular weight is 380 g/mol. The molecule has 1 aromatic carbocycles. The molecule has 0 spiro atoms. The standard InChI is InChI=1S/C21H24N4O3/c1-3-21(9-10-22-20(27)28-21)15-5-4-6-16(12-15)24-19(26)17-11-13(2)23-18(25-17)14-7-8-14/h4-6,11-12,14H,3,7-10H2,1-2H3,(H,22,27)(H,24,26)/t21-/m1/s1. The first-order valence-corrected chi connectivity index (χ1v) is 9.73. The SMILES string of the molecule is CC[C@]1(c2cccc(NC(=O)c3cc(C)nc(C4CC4)n3)c2)CCNC(=O)O1. The Morgan fingerprint density at radius 3 is 2.86 bits per heavy atom. The maximum atomic E-state index is 12.8. The molecule has 1 saturated heterocycles. The number of hydrogen-bond donors (Lipinski definition) is 2. The second-order valence-corrected chi connectivity index (χ2v) is 7.48. The number of nitrogens with one attached hydrogen (secondary N) is 2. The molecule has 1 aliphatic carbocycles. The van der Waals surface area contributed by atoms with Crippen molar-refractivity contribution in [3.05, 3.63) is 53.1 Å². The summed E-state index contributed by atoms with van der Waals surface area (Å²) in [5, 5.41) is 5.61. The number of cyclic esters (lactones) is 1. The van der Waals surface area contributed by atoms with E-state index in [9.17, 15) is 9.59 Å². The lowest BCUT2D eigenvalue weighted by Gasteiger charge is -2.36. The lowest BCUT2D eigenvalue weighted by molar-refractivity contribution is -0.0201. The summed E-state index contributed by atoms with van der Waals surface area (Å²) in [6, 6.07) is 9.18. The van der Waals surface area contributed by atoms with Crippen LogP contribution in [0.3, 0.4) is 0 Å². The van der Waals surface area contributed by atoms with E-state index < -0.39 is 11.7 Å². The van der Waals surface area contributed by atoms with E-state index in [4.69, 9.17) is 4.74 Å². The number of nitrogens with zero attached hydrogens (tertiary/aromatic N) is 2. The molecule has 2 N–H and O–H groups in total. The van der Waals surface area contributed by atoms with E-state index in [2.05, 4.69) is 20.6 Å². The van der Waals surface area contributed by atoms with Crippen molar-refractivity contribution in [2.24, 2.45) is 0 Å². The Morgan fingerprint density at radius 1 is 1.32 bits per heavy atom. The predicted molar refractivity (Wildman–Crippen MR) is 104 cm³/mol. The monoisotopic (exact) mass is 380 g/mol. The van der Waals surface area contributed by atoms with Gasteiger partial charge in [-0.15, -0.1) is 0 Å². The second-order valence-electron chi connectivity index (χ2n) is 7.48. The zero-order valence-electron chi connectivity index (χ0n) is 16.1. The van der Waals surface area contributed by atoms with Gasteiger partial charge in [-0.1, -0.05) is 19.1 Å². The minimum Gasteiger partial charge on any atom is -0.438 e. The third-order valence-electron chi connectivity index (χ3n) is 5.35. The number of carbonyl (C=O) groups is 2. The topological polar surface area (TPSA) is 93.2 Å². The Labute approximate surface area is 163 Å². The van der Waals surface area contributed by atoms with E-state index in [1.165, 1.54) is 0 Å². The summed E-state index contributed by atoms with van der Waals surface area (Å²) in [4.78, 5) is 33.4. The molecule has 0 bridgehead atoms. The van der Waals surface area contributed by atoms with E-state index in [0.29, 0.717) is 36.7 Å². The third kappa shape index (κ3) is 3.69. The third-order valence-corrected chi connectivity index (χ3v) is 5.35. The molecular weight excluding hydrogens is 356 g/mol. The number of hydrogen-bond acceptors (Lipinski definition) is 5. The van der Waals surface area contributed by atoms with Crippen molar-refractivity contribution in [1.29, 1.82) is 0 Å². The molecule has 2 heterocycles. The van der Waals surface area contributed by atoms with Gasteiger partial charge in [0.15, 0.2) is 0 Å². The van der Waals surface area contributed by atoms with Gasteiger partial charge < -0.3 is 15.4 Å². The first-order valence-electron chi connectivity index (χ1n) is 9.73. The van der Waals surface area contributed by atoms with Crippen LogP contribution in [0.5, 0.6) is 0 Å². The average Bonchev–Trinajstić information content (AvgIpc) is 3.53. The number of aryl methyl sites for hydroxylation is 1. The van der Waals surface area contributed by atoms with Gasteiger partial charge in [0.05, 0.1) is 0 Å². The van der Waals surface area contributed by atoms with Crippen molar-refractivity contribution >= 4 is 17.7 Å². The Kier molecular flexibility index (Phi) is 4.75. The van der Waals surface area contributed by atoms with Gasteiger partial charge in [0.25, 0.3) is 5.91 Å². The molecule has 0 unspecified atom stereocenters. The lowest BCUT2D eigenvalue weighted by atomic mass is 9.86. The summed E-state index contributed by atoms with van der Waals surface area (Å²) in [6.45, 7) is 4.43. The maximum absolute atomic E-state index is 12.8. The van der Waals surface area contributed by atoms with Gasteiger partial charge in [0, 0.05) is 30.3 Å². The zero-order chi connectivity index (χ0) is 19.7. The molecule has 7 heteroatoms. The number of aromatic nitrogens is 2. The van der Waals surface area contributed by atoms with Crippen molar-refractivity contribution in [2.75, 3.05) is 11.9 Å². The predicted octanol–water partition coefficient (Wildman–Crippen LogP) is 3.65. The highest BCUT2D eigenvalue weighted by Crippen LogP contribution is 2.38. The van der Waals surface area contributed by atoms with Gasteiger partial charge in [-0.25, -0.2) is 14.8 Å². The number of carbonyl (C=O) groups excluding carboxylic acids is 2. The van der Waals surface area contributed by atoms with Crippen LogP contribution < -0.4 is 10.6 Å². The summed E-state index contributed by atoms with van der Waals surface area (Å²) >= 11 is 0. The summed E-state index contributed by atoms with van der Waals surface area (Å²) < 4.78 is 5.64. The van der Waals surface area contributed by atoms with Gasteiger partial charge in [-0.05, 0) is 49.9 Å². The summed E-state index contributed by atoms with van der Waals surface area (Å²) in [6.07, 6.45) is 3.10. The summed E-state index contributed by atoms with van der Waals surface area (Å²) in [5.74, 6) is 0.872.